The lowest BCUT2D eigenvalue weighted by Crippen LogP contribution is -2.28. The monoisotopic (exact) mass is 275 g/mol. The van der Waals surface area contributed by atoms with Gasteiger partial charge in [0.25, 0.3) is 0 Å². The summed E-state index contributed by atoms with van der Waals surface area (Å²) in [5, 5.41) is 3.94. The average molecular weight is 276 g/mol. The molecule has 0 spiro atoms. The first-order chi connectivity index (χ1) is 7.76. The third-order valence-electron chi connectivity index (χ3n) is 1.72. The summed E-state index contributed by atoms with van der Waals surface area (Å²) in [6.07, 6.45) is 0. The quantitative estimate of drug-likeness (QED) is 0.854. The van der Waals surface area contributed by atoms with Gasteiger partial charge in [-0.25, -0.2) is 0 Å². The van der Waals surface area contributed by atoms with Gasteiger partial charge in [-0.05, 0) is 39.0 Å². The number of anilines is 1. The van der Waals surface area contributed by atoms with Crippen LogP contribution in [0.2, 0.25) is 10.0 Å². The van der Waals surface area contributed by atoms with Crippen molar-refractivity contribution in [3.05, 3.63) is 28.2 Å². The fourth-order valence-electron chi connectivity index (χ4n) is 1.21. The van der Waals surface area contributed by atoms with Crippen molar-refractivity contribution in [3.8, 4) is 0 Å². The summed E-state index contributed by atoms with van der Waals surface area (Å²) in [5.41, 5.74) is 0.207. The van der Waals surface area contributed by atoms with Gasteiger partial charge < -0.3 is 10.1 Å². The molecule has 0 atom stereocenters. The summed E-state index contributed by atoms with van der Waals surface area (Å²) >= 11 is 11.7. The summed E-state index contributed by atoms with van der Waals surface area (Å²) in [5.74, 6) is -0.325. The standard InChI is InChI=1S/C12H15Cl2NO2/c1-12(2,3)17-11(16)7-15-10-5-8(13)4-9(14)6-10/h4-6,15H,7H2,1-3H3. The van der Waals surface area contributed by atoms with Crippen LogP contribution in [0.3, 0.4) is 0 Å². The SMILES string of the molecule is CC(C)(C)OC(=O)CNc1cc(Cl)cc(Cl)c1. The van der Waals surface area contributed by atoms with E-state index in [0.717, 1.165) is 0 Å². The van der Waals surface area contributed by atoms with Crippen molar-refractivity contribution in [1.29, 1.82) is 0 Å². The Morgan fingerprint density at radius 1 is 1.24 bits per heavy atom. The minimum absolute atomic E-state index is 0.0773. The van der Waals surface area contributed by atoms with Crippen LogP contribution >= 0.6 is 23.2 Å². The Labute approximate surface area is 111 Å². The van der Waals surface area contributed by atoms with E-state index in [9.17, 15) is 4.79 Å². The van der Waals surface area contributed by atoms with Crippen molar-refractivity contribution >= 4 is 34.9 Å². The smallest absolute Gasteiger partial charge is 0.325 e. The van der Waals surface area contributed by atoms with Crippen LogP contribution in [0.1, 0.15) is 20.8 Å². The Kier molecular flexibility index (Phi) is 4.66. The zero-order valence-corrected chi connectivity index (χ0v) is 11.5. The largest absolute Gasteiger partial charge is 0.459 e. The number of nitrogens with one attached hydrogen (secondary N) is 1. The first kappa shape index (κ1) is 14.1. The van der Waals surface area contributed by atoms with Gasteiger partial charge in [0, 0.05) is 15.7 Å². The summed E-state index contributed by atoms with van der Waals surface area (Å²) in [7, 11) is 0. The normalized spacial score (nSPS) is 11.1. The molecule has 0 heterocycles. The second kappa shape index (κ2) is 5.61. The second-order valence-corrected chi connectivity index (χ2v) is 5.47. The number of esters is 1. The fourth-order valence-corrected chi connectivity index (χ4v) is 1.73. The summed E-state index contributed by atoms with van der Waals surface area (Å²) < 4.78 is 5.15. The Hall–Kier alpha value is -0.930. The third kappa shape index (κ3) is 5.80. The maximum absolute atomic E-state index is 11.5. The number of hydrogen-bond acceptors (Lipinski definition) is 3. The topological polar surface area (TPSA) is 38.3 Å². The molecule has 3 nitrogen and oxygen atoms in total. The van der Waals surface area contributed by atoms with Crippen LogP contribution in [0.15, 0.2) is 18.2 Å². The minimum Gasteiger partial charge on any atom is -0.459 e. The highest BCUT2D eigenvalue weighted by molar-refractivity contribution is 6.35. The van der Waals surface area contributed by atoms with Crippen molar-refractivity contribution < 1.29 is 9.53 Å². The van der Waals surface area contributed by atoms with Gasteiger partial charge in [0.15, 0.2) is 0 Å². The molecule has 94 valence electrons. The molecule has 0 bridgehead atoms. The van der Waals surface area contributed by atoms with Crippen molar-refractivity contribution in [2.75, 3.05) is 11.9 Å². The van der Waals surface area contributed by atoms with Gasteiger partial charge in [0.2, 0.25) is 0 Å². The van der Waals surface area contributed by atoms with Crippen LogP contribution in [-0.2, 0) is 9.53 Å². The number of carbonyl (C=O) groups excluding carboxylic acids is 1. The molecule has 0 radical (unpaired) electrons. The van der Waals surface area contributed by atoms with Crippen LogP contribution in [0.4, 0.5) is 5.69 Å². The van der Waals surface area contributed by atoms with Gasteiger partial charge in [0.05, 0.1) is 0 Å². The van der Waals surface area contributed by atoms with E-state index in [-0.39, 0.29) is 12.5 Å². The molecule has 1 N–H and O–H groups in total. The van der Waals surface area contributed by atoms with Crippen molar-refractivity contribution in [1.82, 2.24) is 0 Å². The number of benzene rings is 1. The molecule has 0 aliphatic rings. The molecular formula is C12H15Cl2NO2. The number of carbonyl (C=O) groups is 1. The third-order valence-corrected chi connectivity index (χ3v) is 2.16. The van der Waals surface area contributed by atoms with Gasteiger partial charge in [-0.15, -0.1) is 0 Å². The first-order valence-electron chi connectivity index (χ1n) is 5.18. The van der Waals surface area contributed by atoms with Crippen molar-refractivity contribution in [3.63, 3.8) is 0 Å². The summed E-state index contributed by atoms with van der Waals surface area (Å²) in [6.45, 7) is 5.54. The van der Waals surface area contributed by atoms with Crippen LogP contribution in [0, 0.1) is 0 Å². The lowest BCUT2D eigenvalue weighted by atomic mass is 10.2. The van der Waals surface area contributed by atoms with Gasteiger partial charge >= 0.3 is 5.97 Å². The van der Waals surface area contributed by atoms with E-state index in [1.807, 2.05) is 20.8 Å². The van der Waals surface area contributed by atoms with Crippen LogP contribution in [0.25, 0.3) is 0 Å². The molecule has 0 unspecified atom stereocenters. The zero-order valence-electron chi connectivity index (χ0n) is 10.0. The maximum atomic E-state index is 11.5. The highest BCUT2D eigenvalue weighted by atomic mass is 35.5. The Morgan fingerprint density at radius 3 is 2.24 bits per heavy atom. The highest BCUT2D eigenvalue weighted by Gasteiger charge is 2.15. The summed E-state index contributed by atoms with van der Waals surface area (Å²) in [4.78, 5) is 11.5. The predicted molar refractivity (Wildman–Crippen MR) is 70.8 cm³/mol. The molecule has 0 aliphatic heterocycles. The van der Waals surface area contributed by atoms with E-state index < -0.39 is 5.60 Å². The molecule has 0 saturated carbocycles. The molecule has 0 aliphatic carbocycles. The van der Waals surface area contributed by atoms with Crippen molar-refractivity contribution in [2.24, 2.45) is 0 Å². The molecule has 0 amide bonds. The van der Waals surface area contributed by atoms with Gasteiger partial charge in [-0.2, -0.15) is 0 Å². The van der Waals surface area contributed by atoms with E-state index in [1.165, 1.54) is 0 Å². The van der Waals surface area contributed by atoms with E-state index in [1.54, 1.807) is 18.2 Å². The second-order valence-electron chi connectivity index (χ2n) is 4.60. The van der Waals surface area contributed by atoms with Gasteiger partial charge in [0.1, 0.15) is 12.1 Å². The van der Waals surface area contributed by atoms with Gasteiger partial charge in [-0.3, -0.25) is 4.79 Å². The van der Waals surface area contributed by atoms with Gasteiger partial charge in [-0.1, -0.05) is 23.2 Å². The number of hydrogen-bond donors (Lipinski definition) is 1. The van der Waals surface area contributed by atoms with E-state index in [2.05, 4.69) is 5.32 Å². The molecule has 0 fully saturated rings. The van der Waals surface area contributed by atoms with Crippen molar-refractivity contribution in [2.45, 2.75) is 26.4 Å². The molecule has 0 saturated heterocycles. The lowest BCUT2D eigenvalue weighted by molar-refractivity contribution is -0.152. The maximum Gasteiger partial charge on any atom is 0.325 e. The molecule has 5 heteroatoms. The van der Waals surface area contributed by atoms with Crippen LogP contribution < -0.4 is 5.32 Å². The minimum atomic E-state index is -0.481. The Bertz CT molecular complexity index is 393. The molecular weight excluding hydrogens is 261 g/mol. The van der Waals surface area contributed by atoms with Crippen LogP contribution in [0.5, 0.6) is 0 Å². The average Bonchev–Trinajstić information content (AvgIpc) is 2.10. The van der Waals surface area contributed by atoms with E-state index in [4.69, 9.17) is 27.9 Å². The molecule has 1 aromatic rings. The van der Waals surface area contributed by atoms with Crippen LogP contribution in [-0.4, -0.2) is 18.1 Å². The molecule has 17 heavy (non-hydrogen) atoms. The number of halogens is 2. The van der Waals surface area contributed by atoms with E-state index >= 15 is 0 Å². The van der Waals surface area contributed by atoms with E-state index in [0.29, 0.717) is 15.7 Å². The lowest BCUT2D eigenvalue weighted by Gasteiger charge is -2.19. The molecule has 0 aromatic heterocycles. The molecule has 1 rings (SSSR count). The zero-order chi connectivity index (χ0) is 13.1. The Balaban J connectivity index is 2.53. The molecule has 1 aromatic carbocycles. The highest BCUT2D eigenvalue weighted by Crippen LogP contribution is 2.22. The summed E-state index contributed by atoms with van der Waals surface area (Å²) in [6, 6.07) is 5.01. The fraction of sp³-hybridized carbons (Fsp3) is 0.417. The number of ether oxygens (including phenoxy) is 1. The first-order valence-corrected chi connectivity index (χ1v) is 5.94. The number of rotatable bonds is 3. The Morgan fingerprint density at radius 2 is 1.76 bits per heavy atom. The predicted octanol–water partition coefficient (Wildman–Crippen LogP) is 3.75.